The third-order valence-electron chi connectivity index (χ3n) is 7.43. The van der Waals surface area contributed by atoms with E-state index >= 15 is 0 Å². The first-order chi connectivity index (χ1) is 18.3. The van der Waals surface area contributed by atoms with E-state index in [0.717, 1.165) is 35.1 Å². The van der Waals surface area contributed by atoms with Gasteiger partial charge in [-0.2, -0.15) is 0 Å². The van der Waals surface area contributed by atoms with Crippen LogP contribution in [0.4, 0.5) is 8.78 Å². The molecule has 2 aromatic carbocycles. The molecule has 0 spiro atoms. The number of hydrogen-bond acceptors (Lipinski definition) is 3. The van der Waals surface area contributed by atoms with Crippen molar-refractivity contribution in [3.8, 4) is 11.3 Å². The summed E-state index contributed by atoms with van der Waals surface area (Å²) >= 11 is 6.18. The van der Waals surface area contributed by atoms with Gasteiger partial charge in [-0.25, -0.2) is 8.78 Å². The molecule has 6 rings (SSSR count). The van der Waals surface area contributed by atoms with Crippen molar-refractivity contribution >= 4 is 23.0 Å². The Morgan fingerprint density at radius 1 is 1.16 bits per heavy atom. The Morgan fingerprint density at radius 2 is 1.89 bits per heavy atom. The zero-order valence-electron chi connectivity index (χ0n) is 20.8. The molecule has 2 aliphatic rings. The van der Waals surface area contributed by atoms with Crippen LogP contribution in [-0.4, -0.2) is 46.0 Å². The number of alkyl halides is 1. The molecule has 196 valence electrons. The number of fused-ring (bicyclic) bond motifs is 1. The molecule has 1 atom stereocenters. The van der Waals surface area contributed by atoms with Crippen molar-refractivity contribution in [1.82, 2.24) is 19.6 Å². The van der Waals surface area contributed by atoms with Crippen LogP contribution in [0, 0.1) is 12.7 Å². The Morgan fingerprint density at radius 3 is 2.55 bits per heavy atom. The zero-order chi connectivity index (χ0) is 26.6. The molecule has 3 heterocycles. The largest absolute Gasteiger partial charge is 0.344 e. The first-order valence-corrected chi connectivity index (χ1v) is 13.1. The Balaban J connectivity index is 1.36. The van der Waals surface area contributed by atoms with Crippen LogP contribution in [0.15, 0.2) is 59.7 Å². The maximum atomic E-state index is 13.7. The fraction of sp³-hybridized carbons (Fsp3) is 0.310. The van der Waals surface area contributed by atoms with Gasteiger partial charge in [0.15, 0.2) is 0 Å². The minimum absolute atomic E-state index is 0.137. The van der Waals surface area contributed by atoms with E-state index in [-0.39, 0.29) is 23.2 Å². The Labute approximate surface area is 223 Å². The summed E-state index contributed by atoms with van der Waals surface area (Å²) in [6.07, 6.45) is 4.47. The smallest absolute Gasteiger partial charge is 0.273 e. The molecule has 1 saturated carbocycles. The highest BCUT2D eigenvalue weighted by Gasteiger charge is 2.34. The molecule has 1 saturated heterocycles. The second-order valence-corrected chi connectivity index (χ2v) is 10.7. The second kappa shape index (κ2) is 9.67. The zero-order valence-corrected chi connectivity index (χ0v) is 21.6. The average molecular weight is 537 g/mol. The summed E-state index contributed by atoms with van der Waals surface area (Å²) in [6, 6.07) is 11.1. The number of aryl methyl sites for hydroxylation is 1. The van der Waals surface area contributed by atoms with Crippen LogP contribution in [0.3, 0.4) is 0 Å². The fourth-order valence-electron chi connectivity index (χ4n) is 5.24. The van der Waals surface area contributed by atoms with Gasteiger partial charge in [0, 0.05) is 37.1 Å². The van der Waals surface area contributed by atoms with Crippen molar-refractivity contribution in [1.29, 1.82) is 0 Å². The Bertz CT molecular complexity index is 1590. The summed E-state index contributed by atoms with van der Waals surface area (Å²) in [7, 11) is 0. The van der Waals surface area contributed by atoms with Crippen molar-refractivity contribution in [2.24, 2.45) is 0 Å². The van der Waals surface area contributed by atoms with E-state index in [2.05, 4.69) is 10.3 Å². The van der Waals surface area contributed by atoms with Gasteiger partial charge in [0.05, 0.1) is 17.3 Å². The first kappa shape index (κ1) is 24.8. The lowest BCUT2D eigenvalue weighted by atomic mass is 10.0. The number of nitrogens with one attached hydrogen (secondary N) is 2. The van der Waals surface area contributed by atoms with Crippen molar-refractivity contribution in [2.45, 2.75) is 37.9 Å². The van der Waals surface area contributed by atoms with E-state index in [1.165, 1.54) is 12.1 Å². The third kappa shape index (κ3) is 4.74. The van der Waals surface area contributed by atoms with Gasteiger partial charge in [0.25, 0.3) is 11.5 Å². The molecule has 1 aliphatic heterocycles. The summed E-state index contributed by atoms with van der Waals surface area (Å²) < 4.78 is 28.8. The number of aromatic nitrogens is 2. The summed E-state index contributed by atoms with van der Waals surface area (Å²) in [5.41, 5.74) is 4.45. The van der Waals surface area contributed by atoms with Crippen LogP contribution in [0.1, 0.15) is 51.8 Å². The number of nitrogens with zero attached hydrogens (tertiary/aromatic N) is 2. The molecule has 2 fully saturated rings. The van der Waals surface area contributed by atoms with Gasteiger partial charge in [-0.05, 0) is 72.2 Å². The molecule has 1 aliphatic carbocycles. The van der Waals surface area contributed by atoms with E-state index in [1.54, 1.807) is 28.8 Å². The van der Waals surface area contributed by atoms with Gasteiger partial charge in [0.1, 0.15) is 17.5 Å². The molecule has 6 nitrogen and oxygen atoms in total. The van der Waals surface area contributed by atoms with Crippen LogP contribution >= 0.6 is 11.6 Å². The number of carbonyl (C=O) groups excluding carboxylic acids is 1. The summed E-state index contributed by atoms with van der Waals surface area (Å²) in [4.78, 5) is 31.9. The number of carbonyl (C=O) groups is 1. The summed E-state index contributed by atoms with van der Waals surface area (Å²) in [5, 5.41) is 3.72. The van der Waals surface area contributed by atoms with E-state index < -0.39 is 12.2 Å². The number of benzene rings is 2. The lowest BCUT2D eigenvalue weighted by Gasteiger charge is -2.37. The second-order valence-electron chi connectivity index (χ2n) is 10.3. The number of H-pyrrole nitrogens is 1. The number of halogens is 3. The highest BCUT2D eigenvalue weighted by molar-refractivity contribution is 6.31. The Hall–Kier alpha value is -3.49. The van der Waals surface area contributed by atoms with Crippen molar-refractivity contribution in [3.05, 3.63) is 98.3 Å². The van der Waals surface area contributed by atoms with Gasteiger partial charge >= 0.3 is 0 Å². The summed E-state index contributed by atoms with van der Waals surface area (Å²) in [6.45, 7) is 2.92. The van der Waals surface area contributed by atoms with Gasteiger partial charge in [0.2, 0.25) is 0 Å². The monoisotopic (exact) mass is 536 g/mol. The lowest BCUT2D eigenvalue weighted by molar-refractivity contribution is 0.0552. The SMILES string of the molecule is Cc1cc(-c2cn3cc(C(=O)N[C@H](CN4CC(F)C4)c4ccc(F)cc4)c(C4CC4)c3c(=O)[nH]2)ccc1Cl. The molecule has 0 bridgehead atoms. The predicted octanol–water partition coefficient (Wildman–Crippen LogP) is 5.40. The van der Waals surface area contributed by atoms with E-state index in [9.17, 15) is 18.4 Å². The lowest BCUT2D eigenvalue weighted by Crippen LogP contribution is -2.51. The summed E-state index contributed by atoms with van der Waals surface area (Å²) in [5.74, 6) is -0.546. The molecule has 4 aromatic rings. The molecule has 2 N–H and O–H groups in total. The predicted molar refractivity (Wildman–Crippen MR) is 143 cm³/mol. The van der Waals surface area contributed by atoms with Crippen LogP contribution in [0.25, 0.3) is 16.8 Å². The third-order valence-corrected chi connectivity index (χ3v) is 7.86. The standard InChI is InChI=1S/C29H27ClF2N4O2/c1-16-10-19(6-9-23(16)30)25-15-36-13-22(26(18-2-3-18)27(36)29(38)34-25)28(37)33-24(14-35-11-21(32)12-35)17-4-7-20(31)8-5-17/h4-10,13,15,18,21,24H,2-3,11-12,14H2,1H3,(H,33,37)(H,34,38)/t24-/m1/s1. The molecule has 0 radical (unpaired) electrons. The highest BCUT2D eigenvalue weighted by Crippen LogP contribution is 2.44. The first-order valence-electron chi connectivity index (χ1n) is 12.7. The number of rotatable bonds is 7. The quantitative estimate of drug-likeness (QED) is 0.332. The van der Waals surface area contributed by atoms with E-state index in [0.29, 0.717) is 41.4 Å². The molecule has 38 heavy (non-hydrogen) atoms. The van der Waals surface area contributed by atoms with Crippen molar-refractivity contribution < 1.29 is 13.6 Å². The van der Waals surface area contributed by atoms with E-state index in [1.807, 2.05) is 30.2 Å². The van der Waals surface area contributed by atoms with E-state index in [4.69, 9.17) is 11.6 Å². The number of hydrogen-bond donors (Lipinski definition) is 2. The minimum Gasteiger partial charge on any atom is -0.344 e. The highest BCUT2D eigenvalue weighted by atomic mass is 35.5. The van der Waals surface area contributed by atoms with Gasteiger partial charge < -0.3 is 14.7 Å². The normalized spacial score (nSPS) is 16.9. The van der Waals surface area contributed by atoms with Gasteiger partial charge in [-0.15, -0.1) is 0 Å². The molecular formula is C29H27ClF2N4O2. The number of aromatic amines is 1. The van der Waals surface area contributed by atoms with Crippen molar-refractivity contribution in [3.63, 3.8) is 0 Å². The van der Waals surface area contributed by atoms with Gasteiger partial charge in [-0.1, -0.05) is 29.8 Å². The minimum atomic E-state index is -0.872. The molecule has 9 heteroatoms. The molecule has 0 unspecified atom stereocenters. The maximum absolute atomic E-state index is 13.7. The fourth-order valence-corrected chi connectivity index (χ4v) is 5.36. The van der Waals surface area contributed by atoms with Crippen LogP contribution < -0.4 is 10.9 Å². The number of likely N-dealkylation sites (tertiary alicyclic amines) is 1. The van der Waals surface area contributed by atoms with Crippen LogP contribution in [0.2, 0.25) is 5.02 Å². The topological polar surface area (TPSA) is 69.6 Å². The average Bonchev–Trinajstić information content (AvgIpc) is 3.63. The molecular weight excluding hydrogens is 510 g/mol. The Kier molecular flexibility index (Phi) is 6.32. The molecule has 1 amide bonds. The number of amides is 1. The maximum Gasteiger partial charge on any atom is 0.273 e. The van der Waals surface area contributed by atoms with Crippen LogP contribution in [0.5, 0.6) is 0 Å². The van der Waals surface area contributed by atoms with Gasteiger partial charge in [-0.3, -0.25) is 14.5 Å². The van der Waals surface area contributed by atoms with Crippen LogP contribution in [-0.2, 0) is 0 Å². The van der Waals surface area contributed by atoms with Crippen molar-refractivity contribution in [2.75, 3.05) is 19.6 Å². The molecule has 2 aromatic heterocycles.